The predicted molar refractivity (Wildman–Crippen MR) is 143 cm³/mol. The van der Waals surface area contributed by atoms with Gasteiger partial charge in [-0.2, -0.15) is 9.78 Å². The van der Waals surface area contributed by atoms with Crippen LogP contribution < -0.4 is 10.3 Å². The lowest BCUT2D eigenvalue weighted by Crippen LogP contribution is -2.20. The smallest absolute Gasteiger partial charge is 0.344 e. The maximum absolute atomic E-state index is 13.4. The summed E-state index contributed by atoms with van der Waals surface area (Å²) in [6, 6.07) is 18.9. The summed E-state index contributed by atoms with van der Waals surface area (Å²) in [4.78, 5) is 29.6. The van der Waals surface area contributed by atoms with Crippen LogP contribution in [0.5, 0.6) is 5.75 Å². The molecule has 0 N–H and O–H groups in total. The number of nitrogens with zero attached hydrogens (tertiary/aromatic N) is 3. The third kappa shape index (κ3) is 5.21. The highest BCUT2D eigenvalue weighted by atomic mass is 35.5. The van der Waals surface area contributed by atoms with E-state index in [1.54, 1.807) is 73.7 Å². The molecule has 37 heavy (non-hydrogen) atoms. The first kappa shape index (κ1) is 24.5. The van der Waals surface area contributed by atoms with Crippen LogP contribution in [0.25, 0.3) is 33.5 Å². The second-order valence-electron chi connectivity index (χ2n) is 7.89. The average Bonchev–Trinajstić information content (AvgIpc) is 3.31. The van der Waals surface area contributed by atoms with Gasteiger partial charge in [-0.25, -0.2) is 9.78 Å². The average molecular weight is 536 g/mol. The van der Waals surface area contributed by atoms with Crippen molar-refractivity contribution in [2.24, 2.45) is 5.10 Å². The summed E-state index contributed by atoms with van der Waals surface area (Å²) in [6.45, 7) is 1.72. The predicted octanol–water partition coefficient (Wildman–Crippen LogP) is 5.94. The van der Waals surface area contributed by atoms with Gasteiger partial charge in [-0.1, -0.05) is 35.3 Å². The zero-order chi connectivity index (χ0) is 25.9. The van der Waals surface area contributed by atoms with Gasteiger partial charge in [-0.05, 0) is 67.1 Å². The Morgan fingerprint density at radius 1 is 1.11 bits per heavy atom. The Balaban J connectivity index is 1.53. The van der Waals surface area contributed by atoms with Crippen molar-refractivity contribution >= 4 is 57.3 Å². The van der Waals surface area contributed by atoms with E-state index in [1.165, 1.54) is 10.9 Å². The van der Waals surface area contributed by atoms with Gasteiger partial charge in [-0.15, -0.1) is 0 Å². The molecule has 0 bridgehead atoms. The van der Waals surface area contributed by atoms with Gasteiger partial charge in [0.05, 0.1) is 28.7 Å². The molecule has 5 aromatic rings. The molecule has 0 aliphatic carbocycles. The van der Waals surface area contributed by atoms with Crippen LogP contribution in [0.3, 0.4) is 0 Å². The number of fused-ring (bicyclic) bond motifs is 2. The van der Waals surface area contributed by atoms with E-state index >= 15 is 0 Å². The molecular weight excluding hydrogens is 517 g/mol. The first-order chi connectivity index (χ1) is 17.9. The number of carbonyl (C=O) groups excluding carboxylic acids is 1. The minimum Gasteiger partial charge on any atom is -0.480 e. The summed E-state index contributed by atoms with van der Waals surface area (Å²) in [5, 5.41) is 6.42. The third-order valence-corrected chi connectivity index (χ3v) is 5.91. The first-order valence-corrected chi connectivity index (χ1v) is 12.0. The van der Waals surface area contributed by atoms with Crippen molar-refractivity contribution in [3.63, 3.8) is 0 Å². The van der Waals surface area contributed by atoms with E-state index in [9.17, 15) is 9.59 Å². The summed E-state index contributed by atoms with van der Waals surface area (Å²) in [7, 11) is 0. The van der Waals surface area contributed by atoms with Crippen LogP contribution in [-0.2, 0) is 9.53 Å². The fraction of sp³-hybridized carbons (Fsp3) is 0.111. The zero-order valence-corrected chi connectivity index (χ0v) is 21.0. The summed E-state index contributed by atoms with van der Waals surface area (Å²) < 4.78 is 17.4. The van der Waals surface area contributed by atoms with E-state index in [-0.39, 0.29) is 29.6 Å². The van der Waals surface area contributed by atoms with Crippen LogP contribution in [-0.4, -0.2) is 35.1 Å². The minimum absolute atomic E-state index is 0.229. The SMILES string of the molecule is CCOC(=O)COc1ccc(C=Nn2c(-c3cc4cc(Cl)ccc4o3)nc3ccccc3c2=O)cc1Cl. The Kier molecular flexibility index (Phi) is 6.94. The molecule has 0 unspecified atom stereocenters. The van der Waals surface area contributed by atoms with Crippen molar-refractivity contribution in [3.8, 4) is 17.3 Å². The van der Waals surface area contributed by atoms with Crippen molar-refractivity contribution in [1.29, 1.82) is 0 Å². The highest BCUT2D eigenvalue weighted by Crippen LogP contribution is 2.29. The van der Waals surface area contributed by atoms with Crippen LogP contribution in [0, 0.1) is 0 Å². The number of benzene rings is 3. The zero-order valence-electron chi connectivity index (χ0n) is 19.5. The van der Waals surface area contributed by atoms with Gasteiger partial charge >= 0.3 is 5.97 Å². The molecule has 0 fully saturated rings. The maximum Gasteiger partial charge on any atom is 0.344 e. The Hall–Kier alpha value is -4.14. The largest absolute Gasteiger partial charge is 0.480 e. The summed E-state index contributed by atoms with van der Waals surface area (Å²) in [6.07, 6.45) is 1.47. The lowest BCUT2D eigenvalue weighted by atomic mass is 10.2. The molecule has 2 aromatic heterocycles. The monoisotopic (exact) mass is 535 g/mol. The molecule has 2 heterocycles. The number of para-hydroxylation sites is 1. The molecule has 186 valence electrons. The number of carbonyl (C=O) groups is 1. The number of esters is 1. The molecule has 0 spiro atoms. The van der Waals surface area contributed by atoms with Crippen LogP contribution in [0.15, 0.2) is 81.0 Å². The van der Waals surface area contributed by atoms with Gasteiger partial charge in [0.2, 0.25) is 5.82 Å². The molecule has 3 aromatic carbocycles. The Morgan fingerprint density at radius 2 is 1.95 bits per heavy atom. The second kappa shape index (κ2) is 10.5. The Labute approximate surface area is 220 Å². The van der Waals surface area contributed by atoms with Gasteiger partial charge in [0, 0.05) is 10.4 Å². The van der Waals surface area contributed by atoms with Gasteiger partial charge < -0.3 is 13.9 Å². The van der Waals surface area contributed by atoms with Crippen LogP contribution in [0.4, 0.5) is 0 Å². The van der Waals surface area contributed by atoms with Crippen molar-refractivity contribution < 1.29 is 18.7 Å². The number of hydrogen-bond donors (Lipinski definition) is 0. The van der Waals surface area contributed by atoms with Gasteiger partial charge in [0.1, 0.15) is 11.3 Å². The molecule has 8 nitrogen and oxygen atoms in total. The van der Waals surface area contributed by atoms with Crippen molar-refractivity contribution in [2.45, 2.75) is 6.92 Å². The van der Waals surface area contributed by atoms with Crippen LogP contribution >= 0.6 is 23.2 Å². The van der Waals surface area contributed by atoms with Crippen molar-refractivity contribution in [2.75, 3.05) is 13.2 Å². The number of ether oxygens (including phenoxy) is 2. The lowest BCUT2D eigenvalue weighted by Gasteiger charge is -2.09. The second-order valence-corrected chi connectivity index (χ2v) is 8.73. The van der Waals surface area contributed by atoms with Gasteiger partial charge in [0.15, 0.2) is 12.4 Å². The highest BCUT2D eigenvalue weighted by Gasteiger charge is 2.17. The molecule has 0 amide bonds. The summed E-state index contributed by atoms with van der Waals surface area (Å²) in [5.41, 5.74) is 1.34. The molecule has 0 aliphatic heterocycles. The van der Waals surface area contributed by atoms with Crippen LogP contribution in [0.1, 0.15) is 12.5 Å². The maximum atomic E-state index is 13.4. The number of halogens is 2. The van der Waals surface area contributed by atoms with E-state index in [0.29, 0.717) is 38.6 Å². The first-order valence-electron chi connectivity index (χ1n) is 11.3. The third-order valence-electron chi connectivity index (χ3n) is 5.38. The molecule has 10 heteroatoms. The van der Waals surface area contributed by atoms with E-state index < -0.39 is 5.97 Å². The normalized spacial score (nSPS) is 11.4. The topological polar surface area (TPSA) is 95.9 Å². The van der Waals surface area contributed by atoms with E-state index in [4.69, 9.17) is 37.1 Å². The highest BCUT2D eigenvalue weighted by molar-refractivity contribution is 6.32. The number of hydrogen-bond acceptors (Lipinski definition) is 7. The summed E-state index contributed by atoms with van der Waals surface area (Å²) >= 11 is 12.4. The number of furan rings is 1. The van der Waals surface area contributed by atoms with Crippen LogP contribution in [0.2, 0.25) is 10.0 Å². The molecule has 0 saturated heterocycles. The lowest BCUT2D eigenvalue weighted by molar-refractivity contribution is -0.145. The van der Waals surface area contributed by atoms with E-state index in [0.717, 1.165) is 5.39 Å². The molecular formula is C27H19Cl2N3O5. The fourth-order valence-corrected chi connectivity index (χ4v) is 4.12. The minimum atomic E-state index is -0.493. The van der Waals surface area contributed by atoms with E-state index in [1.807, 2.05) is 0 Å². The molecule has 0 atom stereocenters. The van der Waals surface area contributed by atoms with Crippen molar-refractivity contribution in [3.05, 3.63) is 92.7 Å². The molecule has 0 radical (unpaired) electrons. The Morgan fingerprint density at radius 3 is 2.76 bits per heavy atom. The molecule has 0 saturated carbocycles. The number of rotatable bonds is 7. The fourth-order valence-electron chi connectivity index (χ4n) is 3.69. The number of aromatic nitrogens is 2. The quantitative estimate of drug-likeness (QED) is 0.189. The van der Waals surface area contributed by atoms with E-state index in [2.05, 4.69) is 10.1 Å². The van der Waals surface area contributed by atoms with Gasteiger partial charge in [-0.3, -0.25) is 4.79 Å². The standard InChI is InChI=1S/C27H19Cl2N3O5/c1-2-35-25(33)15-36-23-9-7-16(11-20(23)29)14-30-32-26(31-21-6-4-3-5-19(21)27(32)34)24-13-17-12-18(28)8-10-22(17)37-24/h3-14H,2,15H2,1H3. The molecule has 5 rings (SSSR count). The van der Waals surface area contributed by atoms with Crippen molar-refractivity contribution in [1.82, 2.24) is 9.66 Å². The summed E-state index contributed by atoms with van der Waals surface area (Å²) in [5.74, 6) is 0.414. The Bertz CT molecular complexity index is 1730. The molecule has 0 aliphatic rings. The van der Waals surface area contributed by atoms with Gasteiger partial charge in [0.25, 0.3) is 5.56 Å².